The molecule has 0 bridgehead atoms. The number of aromatic nitrogens is 1. The second-order valence-corrected chi connectivity index (χ2v) is 5.11. The Morgan fingerprint density at radius 1 is 1.50 bits per heavy atom. The number of hydrogen-bond donors (Lipinski definition) is 2. The molecule has 90 valence electrons. The molecule has 1 aromatic heterocycles. The van der Waals surface area contributed by atoms with Gasteiger partial charge in [-0.15, -0.1) is 11.3 Å². The number of carboxylic acid groups (broad SMARTS) is 1. The number of nitrogens with zero attached hydrogens (tertiary/aromatic N) is 1. The Balaban J connectivity index is 2.80. The maximum absolute atomic E-state index is 11.0. The zero-order chi connectivity index (χ0) is 12.1. The third-order valence-electron chi connectivity index (χ3n) is 2.28. The summed E-state index contributed by atoms with van der Waals surface area (Å²) in [4.78, 5) is 15.8. The fourth-order valence-electron chi connectivity index (χ4n) is 1.45. The minimum atomic E-state index is -0.869. The Hall–Kier alpha value is -0.940. The van der Waals surface area contributed by atoms with Gasteiger partial charge in [0.25, 0.3) is 0 Å². The lowest BCUT2D eigenvalue weighted by Gasteiger charge is -2.00. The van der Waals surface area contributed by atoms with Crippen LogP contribution in [0.5, 0.6) is 0 Å². The predicted molar refractivity (Wildman–Crippen MR) is 65.2 cm³/mol. The molecule has 0 aromatic carbocycles. The van der Waals surface area contributed by atoms with Crippen molar-refractivity contribution in [1.29, 1.82) is 0 Å². The van der Waals surface area contributed by atoms with Gasteiger partial charge in [-0.2, -0.15) is 0 Å². The number of hydrogen-bond acceptors (Lipinski definition) is 4. The second-order valence-electron chi connectivity index (χ2n) is 4.03. The first-order valence-corrected chi connectivity index (χ1v) is 6.30. The van der Waals surface area contributed by atoms with Crippen molar-refractivity contribution in [2.45, 2.75) is 39.0 Å². The number of rotatable bonds is 6. The Kier molecular flexibility index (Phi) is 4.89. The van der Waals surface area contributed by atoms with Gasteiger partial charge in [0.2, 0.25) is 0 Å². The summed E-state index contributed by atoms with van der Waals surface area (Å²) in [6, 6.07) is 0. The topological polar surface area (TPSA) is 76.2 Å². The maximum atomic E-state index is 11.0. The predicted octanol–water partition coefficient (Wildman–Crippen LogP) is 2.25. The monoisotopic (exact) mass is 242 g/mol. The van der Waals surface area contributed by atoms with E-state index in [1.807, 2.05) is 13.8 Å². The molecule has 0 aliphatic rings. The molecule has 0 radical (unpaired) electrons. The van der Waals surface area contributed by atoms with Crippen molar-refractivity contribution >= 4 is 17.3 Å². The van der Waals surface area contributed by atoms with Crippen molar-refractivity contribution in [2.24, 2.45) is 5.73 Å². The Bertz CT molecular complexity index is 361. The third kappa shape index (κ3) is 3.28. The summed E-state index contributed by atoms with van der Waals surface area (Å²) < 4.78 is 0. The van der Waals surface area contributed by atoms with E-state index in [1.54, 1.807) is 0 Å². The van der Waals surface area contributed by atoms with Crippen LogP contribution in [0.4, 0.5) is 0 Å². The van der Waals surface area contributed by atoms with Gasteiger partial charge in [0.1, 0.15) is 4.88 Å². The van der Waals surface area contributed by atoms with Gasteiger partial charge in [0.15, 0.2) is 0 Å². The molecule has 3 N–H and O–H groups in total. The quantitative estimate of drug-likeness (QED) is 0.750. The van der Waals surface area contributed by atoms with Gasteiger partial charge in [-0.3, -0.25) is 0 Å². The summed E-state index contributed by atoms with van der Waals surface area (Å²) >= 11 is 1.29. The van der Waals surface area contributed by atoms with Crippen LogP contribution < -0.4 is 5.73 Å². The van der Waals surface area contributed by atoms with E-state index in [0.29, 0.717) is 17.1 Å². The molecule has 0 spiro atoms. The minimum absolute atomic E-state index is 0.158. The van der Waals surface area contributed by atoms with Crippen molar-refractivity contribution < 1.29 is 9.90 Å². The van der Waals surface area contributed by atoms with Crippen LogP contribution in [0.25, 0.3) is 0 Å². The standard InChI is InChI=1S/C11H18N2O2S/c1-7(2)9-10(11(14)15)16-8(13-9)5-3-4-6-12/h7H,3-6,12H2,1-2H3,(H,14,15). The van der Waals surface area contributed by atoms with Crippen LogP contribution in [0.3, 0.4) is 0 Å². The Morgan fingerprint density at radius 2 is 2.19 bits per heavy atom. The molecule has 0 amide bonds. The van der Waals surface area contributed by atoms with Crippen molar-refractivity contribution in [3.8, 4) is 0 Å². The van der Waals surface area contributed by atoms with Gasteiger partial charge < -0.3 is 10.8 Å². The molecule has 4 nitrogen and oxygen atoms in total. The van der Waals surface area contributed by atoms with Crippen LogP contribution in [0, 0.1) is 0 Å². The summed E-state index contributed by atoms with van der Waals surface area (Å²) in [5.74, 6) is -0.711. The van der Waals surface area contributed by atoms with Crippen LogP contribution >= 0.6 is 11.3 Å². The van der Waals surface area contributed by atoms with E-state index >= 15 is 0 Å². The van der Waals surface area contributed by atoms with Gasteiger partial charge in [-0.25, -0.2) is 9.78 Å². The molecular weight excluding hydrogens is 224 g/mol. The number of carboxylic acids is 1. The summed E-state index contributed by atoms with van der Waals surface area (Å²) in [5.41, 5.74) is 6.12. The number of unbranched alkanes of at least 4 members (excludes halogenated alkanes) is 1. The van der Waals surface area contributed by atoms with E-state index in [4.69, 9.17) is 10.8 Å². The molecule has 0 aliphatic heterocycles. The Labute approximate surface area is 99.5 Å². The van der Waals surface area contributed by atoms with Gasteiger partial charge in [0.05, 0.1) is 10.7 Å². The van der Waals surface area contributed by atoms with Gasteiger partial charge >= 0.3 is 5.97 Å². The maximum Gasteiger partial charge on any atom is 0.347 e. The smallest absolute Gasteiger partial charge is 0.347 e. The van der Waals surface area contributed by atoms with Crippen LogP contribution in [-0.4, -0.2) is 22.6 Å². The molecule has 0 saturated carbocycles. The number of aryl methyl sites for hydroxylation is 1. The van der Waals surface area contributed by atoms with Crippen molar-refractivity contribution in [3.05, 3.63) is 15.6 Å². The summed E-state index contributed by atoms with van der Waals surface area (Å²) in [7, 11) is 0. The molecule has 0 saturated heterocycles. The summed E-state index contributed by atoms with van der Waals surface area (Å²) in [5, 5.41) is 9.96. The lowest BCUT2D eigenvalue weighted by Crippen LogP contribution is -2.00. The fraction of sp³-hybridized carbons (Fsp3) is 0.636. The van der Waals surface area contributed by atoms with E-state index in [2.05, 4.69) is 4.98 Å². The number of aromatic carboxylic acids is 1. The Morgan fingerprint density at radius 3 is 2.62 bits per heavy atom. The van der Waals surface area contributed by atoms with Crippen LogP contribution in [-0.2, 0) is 6.42 Å². The SMILES string of the molecule is CC(C)c1nc(CCCCN)sc1C(=O)O. The van der Waals surface area contributed by atoms with Crippen LogP contribution in [0.2, 0.25) is 0 Å². The zero-order valence-electron chi connectivity index (χ0n) is 9.69. The highest BCUT2D eigenvalue weighted by Crippen LogP contribution is 2.26. The lowest BCUT2D eigenvalue weighted by molar-refractivity contribution is 0.0700. The number of carbonyl (C=O) groups is 1. The van der Waals surface area contributed by atoms with E-state index in [9.17, 15) is 4.79 Å². The molecule has 0 atom stereocenters. The highest BCUT2D eigenvalue weighted by molar-refractivity contribution is 7.13. The van der Waals surface area contributed by atoms with Crippen LogP contribution in [0.15, 0.2) is 0 Å². The van der Waals surface area contributed by atoms with Gasteiger partial charge in [0, 0.05) is 0 Å². The summed E-state index contributed by atoms with van der Waals surface area (Å²) in [6.07, 6.45) is 2.76. The first-order chi connectivity index (χ1) is 7.56. The molecular formula is C11H18N2O2S. The molecule has 0 aliphatic carbocycles. The molecule has 5 heteroatoms. The average molecular weight is 242 g/mol. The van der Waals surface area contributed by atoms with Crippen molar-refractivity contribution in [2.75, 3.05) is 6.54 Å². The van der Waals surface area contributed by atoms with E-state index < -0.39 is 5.97 Å². The van der Waals surface area contributed by atoms with Crippen molar-refractivity contribution in [3.63, 3.8) is 0 Å². The largest absolute Gasteiger partial charge is 0.477 e. The number of nitrogens with two attached hydrogens (primary N) is 1. The van der Waals surface area contributed by atoms with Gasteiger partial charge in [-0.05, 0) is 31.7 Å². The highest BCUT2D eigenvalue weighted by Gasteiger charge is 2.19. The first kappa shape index (κ1) is 13.1. The fourth-order valence-corrected chi connectivity index (χ4v) is 2.55. The lowest BCUT2D eigenvalue weighted by atomic mass is 10.1. The van der Waals surface area contributed by atoms with Crippen LogP contribution in [0.1, 0.15) is 53.0 Å². The van der Waals surface area contributed by atoms with E-state index in [1.165, 1.54) is 11.3 Å². The van der Waals surface area contributed by atoms with Gasteiger partial charge in [-0.1, -0.05) is 13.8 Å². The molecule has 0 unspecified atom stereocenters. The number of thiazole rings is 1. The summed E-state index contributed by atoms with van der Waals surface area (Å²) in [6.45, 7) is 4.60. The highest BCUT2D eigenvalue weighted by atomic mass is 32.1. The molecule has 1 heterocycles. The molecule has 1 rings (SSSR count). The first-order valence-electron chi connectivity index (χ1n) is 5.49. The normalized spacial score (nSPS) is 11.0. The third-order valence-corrected chi connectivity index (χ3v) is 3.40. The minimum Gasteiger partial charge on any atom is -0.477 e. The van der Waals surface area contributed by atoms with Crippen molar-refractivity contribution in [1.82, 2.24) is 4.98 Å². The molecule has 0 fully saturated rings. The zero-order valence-corrected chi connectivity index (χ0v) is 10.5. The van der Waals surface area contributed by atoms with E-state index in [-0.39, 0.29) is 5.92 Å². The molecule has 1 aromatic rings. The van der Waals surface area contributed by atoms with E-state index in [0.717, 1.165) is 24.3 Å². The average Bonchev–Trinajstić information content (AvgIpc) is 2.62. The molecule has 16 heavy (non-hydrogen) atoms. The second kappa shape index (κ2) is 5.96.